The minimum Gasteiger partial charge on any atom is -0.497 e. The summed E-state index contributed by atoms with van der Waals surface area (Å²) in [6.45, 7) is 0.758. The van der Waals surface area contributed by atoms with E-state index >= 15 is 0 Å². The van der Waals surface area contributed by atoms with Gasteiger partial charge in [-0.25, -0.2) is 0 Å². The van der Waals surface area contributed by atoms with Crippen molar-refractivity contribution < 1.29 is 18.9 Å². The standard InChI is InChI=1S/2C14H11BrClN3O2/c2*1-20-9-4-2-8(3-5-9)7-21-13-11-10(15)6-17-12(11)18-14(16)19-13/h2*2-6H,7H2,1H3,(H,17,18,19). The first kappa shape index (κ1) is 29.9. The molecule has 0 unspecified atom stereocenters. The summed E-state index contributed by atoms with van der Waals surface area (Å²) < 4.78 is 23.5. The van der Waals surface area contributed by atoms with E-state index in [1.54, 1.807) is 26.6 Å². The van der Waals surface area contributed by atoms with E-state index in [0.717, 1.165) is 42.3 Å². The van der Waals surface area contributed by atoms with E-state index in [4.69, 9.17) is 42.1 Å². The second-order valence-electron chi connectivity index (χ2n) is 8.59. The highest BCUT2D eigenvalue weighted by Crippen LogP contribution is 2.32. The lowest BCUT2D eigenvalue weighted by Gasteiger charge is -2.08. The minimum atomic E-state index is 0.140. The first-order valence-corrected chi connectivity index (χ1v) is 14.6. The van der Waals surface area contributed by atoms with E-state index in [2.05, 4.69) is 61.8 Å². The third-order valence-electron chi connectivity index (χ3n) is 5.92. The Morgan fingerprint density at radius 2 is 1.00 bits per heavy atom. The average molecular weight is 737 g/mol. The third kappa shape index (κ3) is 7.06. The SMILES string of the molecule is COc1ccc(COc2nc(Cl)nc3[nH]cc(Br)c23)cc1.COc1ccc(COc2nc(Cl)nc3[nH]cc(Br)c23)cc1. The number of H-pyrrole nitrogens is 2. The van der Waals surface area contributed by atoms with Crippen LogP contribution in [0.15, 0.2) is 69.9 Å². The van der Waals surface area contributed by atoms with Crippen LogP contribution in [0.2, 0.25) is 10.6 Å². The first-order valence-electron chi connectivity index (χ1n) is 12.3. The van der Waals surface area contributed by atoms with E-state index < -0.39 is 0 Å². The van der Waals surface area contributed by atoms with Gasteiger partial charge in [0.2, 0.25) is 22.3 Å². The summed E-state index contributed by atoms with van der Waals surface area (Å²) >= 11 is 18.7. The molecule has 4 heterocycles. The Labute approximate surface area is 267 Å². The van der Waals surface area contributed by atoms with Crippen molar-refractivity contribution in [2.45, 2.75) is 13.2 Å². The monoisotopic (exact) mass is 734 g/mol. The molecule has 4 aromatic heterocycles. The molecular formula is C28H22Br2Cl2N6O4. The van der Waals surface area contributed by atoms with Crippen molar-refractivity contribution >= 4 is 77.1 Å². The van der Waals surface area contributed by atoms with Gasteiger partial charge in [-0.1, -0.05) is 24.3 Å². The zero-order valence-electron chi connectivity index (χ0n) is 22.1. The van der Waals surface area contributed by atoms with Gasteiger partial charge in [0.1, 0.15) is 36.0 Å². The molecule has 10 nitrogen and oxygen atoms in total. The molecule has 0 saturated carbocycles. The van der Waals surface area contributed by atoms with E-state index in [-0.39, 0.29) is 10.6 Å². The van der Waals surface area contributed by atoms with Crippen LogP contribution in [0, 0.1) is 0 Å². The number of aromatic amines is 2. The molecule has 0 atom stereocenters. The number of aromatic nitrogens is 6. The molecule has 0 radical (unpaired) electrons. The highest BCUT2D eigenvalue weighted by atomic mass is 79.9. The van der Waals surface area contributed by atoms with E-state index in [0.29, 0.717) is 36.3 Å². The van der Waals surface area contributed by atoms with Crippen molar-refractivity contribution in [2.24, 2.45) is 0 Å². The summed E-state index contributed by atoms with van der Waals surface area (Å²) in [7, 11) is 3.27. The lowest BCUT2D eigenvalue weighted by Crippen LogP contribution is -1.99. The molecule has 0 saturated heterocycles. The fraction of sp³-hybridized carbons (Fsp3) is 0.143. The Morgan fingerprint density at radius 1 is 0.619 bits per heavy atom. The van der Waals surface area contributed by atoms with Crippen LogP contribution in [0.1, 0.15) is 11.1 Å². The van der Waals surface area contributed by atoms with Crippen molar-refractivity contribution in [2.75, 3.05) is 14.2 Å². The molecule has 216 valence electrons. The zero-order chi connectivity index (χ0) is 29.6. The number of benzene rings is 2. The Bertz CT molecular complexity index is 1680. The Hall–Kier alpha value is -3.58. The largest absolute Gasteiger partial charge is 0.497 e. The fourth-order valence-corrected chi connectivity index (χ4v) is 5.10. The van der Waals surface area contributed by atoms with Gasteiger partial charge in [0.15, 0.2) is 0 Å². The number of halogens is 4. The number of ether oxygens (including phenoxy) is 4. The van der Waals surface area contributed by atoms with Crippen molar-refractivity contribution in [3.05, 3.63) is 91.6 Å². The summed E-state index contributed by atoms with van der Waals surface area (Å²) in [5.74, 6) is 2.49. The quantitative estimate of drug-likeness (QED) is 0.151. The van der Waals surface area contributed by atoms with Crippen LogP contribution in [-0.4, -0.2) is 44.1 Å². The van der Waals surface area contributed by atoms with Gasteiger partial charge in [0, 0.05) is 21.3 Å². The van der Waals surface area contributed by atoms with Crippen molar-refractivity contribution in [1.29, 1.82) is 0 Å². The van der Waals surface area contributed by atoms with E-state index in [9.17, 15) is 0 Å². The molecule has 0 spiro atoms. The summed E-state index contributed by atoms with van der Waals surface area (Å²) in [5, 5.41) is 1.82. The van der Waals surface area contributed by atoms with Gasteiger partial charge in [-0.3, -0.25) is 0 Å². The molecule has 6 rings (SSSR count). The van der Waals surface area contributed by atoms with Crippen LogP contribution in [0.4, 0.5) is 0 Å². The van der Waals surface area contributed by atoms with Crippen molar-refractivity contribution in [3.63, 3.8) is 0 Å². The molecule has 0 aliphatic heterocycles. The number of rotatable bonds is 8. The van der Waals surface area contributed by atoms with Gasteiger partial charge in [-0.2, -0.15) is 19.9 Å². The maximum atomic E-state index is 5.90. The summed E-state index contributed by atoms with van der Waals surface area (Å²) in [5.41, 5.74) is 3.27. The smallest absolute Gasteiger partial charge is 0.228 e. The van der Waals surface area contributed by atoms with Crippen LogP contribution in [0.25, 0.3) is 22.1 Å². The Balaban J connectivity index is 0.000000168. The molecule has 0 amide bonds. The summed E-state index contributed by atoms with van der Waals surface area (Å²) in [6.07, 6.45) is 3.55. The molecule has 14 heteroatoms. The molecule has 6 aromatic rings. The van der Waals surface area contributed by atoms with Crippen molar-refractivity contribution in [3.8, 4) is 23.3 Å². The molecule has 42 heavy (non-hydrogen) atoms. The summed E-state index contributed by atoms with van der Waals surface area (Å²) in [4.78, 5) is 22.5. The highest BCUT2D eigenvalue weighted by Gasteiger charge is 2.14. The second-order valence-corrected chi connectivity index (χ2v) is 11.0. The highest BCUT2D eigenvalue weighted by molar-refractivity contribution is 9.11. The predicted octanol–water partition coefficient (Wildman–Crippen LogP) is 7.92. The topological polar surface area (TPSA) is 120 Å². The molecule has 0 fully saturated rings. The number of hydrogen-bond donors (Lipinski definition) is 2. The molecule has 2 aromatic carbocycles. The van der Waals surface area contributed by atoms with E-state index in [1.807, 2.05) is 48.5 Å². The third-order valence-corrected chi connectivity index (χ3v) is 7.50. The minimum absolute atomic E-state index is 0.140. The fourth-order valence-electron chi connectivity index (χ4n) is 3.83. The number of nitrogens with one attached hydrogen (secondary N) is 2. The number of fused-ring (bicyclic) bond motifs is 2. The lowest BCUT2D eigenvalue weighted by molar-refractivity contribution is 0.297. The summed E-state index contributed by atoms with van der Waals surface area (Å²) in [6, 6.07) is 15.3. The van der Waals surface area contributed by atoms with Gasteiger partial charge < -0.3 is 28.9 Å². The van der Waals surface area contributed by atoms with Gasteiger partial charge >= 0.3 is 0 Å². The van der Waals surface area contributed by atoms with E-state index in [1.165, 1.54) is 0 Å². The Kier molecular flexibility index (Phi) is 9.68. The van der Waals surface area contributed by atoms with Crippen LogP contribution >= 0.6 is 55.1 Å². The maximum absolute atomic E-state index is 5.90. The van der Waals surface area contributed by atoms with Gasteiger partial charge in [-0.15, -0.1) is 0 Å². The first-order chi connectivity index (χ1) is 20.3. The van der Waals surface area contributed by atoms with Crippen molar-refractivity contribution in [1.82, 2.24) is 29.9 Å². The van der Waals surface area contributed by atoms with Crippen LogP contribution in [0.3, 0.4) is 0 Å². The molecule has 0 bridgehead atoms. The van der Waals surface area contributed by atoms with Crippen LogP contribution in [0.5, 0.6) is 23.3 Å². The van der Waals surface area contributed by atoms with Gasteiger partial charge in [0.05, 0.1) is 25.0 Å². The Morgan fingerprint density at radius 3 is 1.36 bits per heavy atom. The predicted molar refractivity (Wildman–Crippen MR) is 168 cm³/mol. The normalized spacial score (nSPS) is 10.8. The maximum Gasteiger partial charge on any atom is 0.228 e. The second kappa shape index (κ2) is 13.6. The number of nitrogens with zero attached hydrogens (tertiary/aromatic N) is 4. The molecule has 0 aliphatic carbocycles. The lowest BCUT2D eigenvalue weighted by atomic mass is 10.2. The van der Waals surface area contributed by atoms with Crippen LogP contribution in [-0.2, 0) is 13.2 Å². The van der Waals surface area contributed by atoms with Gasteiger partial charge in [-0.05, 0) is 90.5 Å². The number of methoxy groups -OCH3 is 2. The molecule has 2 N–H and O–H groups in total. The molecular weight excluding hydrogens is 715 g/mol. The van der Waals surface area contributed by atoms with Gasteiger partial charge in [0.25, 0.3) is 0 Å². The zero-order valence-corrected chi connectivity index (χ0v) is 26.8. The number of hydrogen-bond acceptors (Lipinski definition) is 8. The van der Waals surface area contributed by atoms with Crippen LogP contribution < -0.4 is 18.9 Å². The average Bonchev–Trinajstić information content (AvgIpc) is 3.57. The molecule has 0 aliphatic rings.